The Labute approximate surface area is 179 Å². The molecule has 1 aliphatic heterocycles. The van der Waals surface area contributed by atoms with Gasteiger partial charge in [0, 0.05) is 0 Å². The highest BCUT2D eigenvalue weighted by molar-refractivity contribution is 4.64. The van der Waals surface area contributed by atoms with Gasteiger partial charge in [0.2, 0.25) is 0 Å². The van der Waals surface area contributed by atoms with Crippen LogP contribution in [0.5, 0.6) is 0 Å². The second-order valence-corrected chi connectivity index (χ2v) is 9.62. The van der Waals surface area contributed by atoms with E-state index in [-0.39, 0.29) is 0 Å². The van der Waals surface area contributed by atoms with Gasteiger partial charge in [0.25, 0.3) is 0 Å². The minimum atomic E-state index is 1.37. The van der Waals surface area contributed by atoms with Crippen LogP contribution >= 0.6 is 0 Å². The molecule has 1 aliphatic rings. The second-order valence-electron chi connectivity index (χ2n) is 9.62. The molecule has 1 rings (SSSR count). The minimum Gasteiger partial charge on any atom is -0.303 e. The number of nitrogens with zero attached hydrogens (tertiary/aromatic N) is 1. The monoisotopic (exact) mass is 393 g/mol. The molecule has 0 radical (unpaired) electrons. The Morgan fingerprint density at radius 1 is 0.393 bits per heavy atom. The Morgan fingerprint density at radius 3 is 1.07 bits per heavy atom. The van der Waals surface area contributed by atoms with Gasteiger partial charge >= 0.3 is 0 Å². The van der Waals surface area contributed by atoms with Crippen molar-refractivity contribution in [2.45, 2.75) is 155 Å². The predicted molar refractivity (Wildman–Crippen MR) is 128 cm³/mol. The molecule has 0 spiro atoms. The summed E-state index contributed by atoms with van der Waals surface area (Å²) in [5, 5.41) is 0. The Balaban J connectivity index is 1.64. The lowest BCUT2D eigenvalue weighted by atomic mass is 10.0. The summed E-state index contributed by atoms with van der Waals surface area (Å²) in [5.41, 5.74) is 0. The van der Waals surface area contributed by atoms with Crippen LogP contribution in [0.15, 0.2) is 0 Å². The maximum Gasteiger partial charge on any atom is -0.00187 e. The normalized spacial score (nSPS) is 15.3. The third-order valence-corrected chi connectivity index (χ3v) is 6.78. The van der Waals surface area contributed by atoms with Crippen LogP contribution in [0.2, 0.25) is 0 Å². The molecule has 168 valence electrons. The third kappa shape index (κ3) is 18.0. The van der Waals surface area contributed by atoms with Gasteiger partial charge in [-0.05, 0) is 38.9 Å². The van der Waals surface area contributed by atoms with E-state index >= 15 is 0 Å². The Morgan fingerprint density at radius 2 is 0.714 bits per heavy atom. The zero-order chi connectivity index (χ0) is 20.0. The van der Waals surface area contributed by atoms with Crippen LogP contribution < -0.4 is 0 Å². The number of rotatable bonds is 21. The van der Waals surface area contributed by atoms with Gasteiger partial charge in [-0.2, -0.15) is 0 Å². The predicted octanol–water partition coefficient (Wildman–Crippen LogP) is 9.29. The van der Waals surface area contributed by atoms with Gasteiger partial charge in [0.15, 0.2) is 0 Å². The van der Waals surface area contributed by atoms with Crippen LogP contribution in [0, 0.1) is 0 Å². The van der Waals surface area contributed by atoms with E-state index in [4.69, 9.17) is 0 Å². The molecule has 1 heteroatoms. The molecular formula is C27H55N. The number of hydrogen-bond donors (Lipinski definition) is 0. The average Bonchev–Trinajstić information content (AvgIpc) is 2.73. The lowest BCUT2D eigenvalue weighted by Gasteiger charge is -2.26. The van der Waals surface area contributed by atoms with Crippen molar-refractivity contribution < 1.29 is 0 Å². The highest BCUT2D eigenvalue weighted by atomic mass is 15.1. The lowest BCUT2D eigenvalue weighted by Crippen LogP contribution is -2.30. The fraction of sp³-hybridized carbons (Fsp3) is 1.00. The van der Waals surface area contributed by atoms with Crippen LogP contribution in [-0.4, -0.2) is 24.5 Å². The fourth-order valence-electron chi connectivity index (χ4n) is 4.77. The fourth-order valence-corrected chi connectivity index (χ4v) is 4.77. The number of piperidine rings is 1. The Bertz CT molecular complexity index is 282. The van der Waals surface area contributed by atoms with E-state index in [2.05, 4.69) is 11.8 Å². The van der Waals surface area contributed by atoms with Crippen molar-refractivity contribution in [1.29, 1.82) is 0 Å². The van der Waals surface area contributed by atoms with Gasteiger partial charge < -0.3 is 4.90 Å². The molecular weight excluding hydrogens is 338 g/mol. The molecule has 0 bridgehead atoms. The van der Waals surface area contributed by atoms with Gasteiger partial charge in [0.1, 0.15) is 0 Å². The molecule has 0 unspecified atom stereocenters. The standard InChI is InChI=1S/C27H55N/c1-2-3-4-5-6-7-8-9-10-11-12-13-14-15-16-17-18-19-20-22-25-28-26-23-21-24-27-28/h2-27H2,1H3. The van der Waals surface area contributed by atoms with Crippen molar-refractivity contribution in [2.75, 3.05) is 19.6 Å². The van der Waals surface area contributed by atoms with Gasteiger partial charge in [-0.25, -0.2) is 0 Å². The van der Waals surface area contributed by atoms with Crippen molar-refractivity contribution in [3.63, 3.8) is 0 Å². The van der Waals surface area contributed by atoms with Gasteiger partial charge in [-0.15, -0.1) is 0 Å². The summed E-state index contributed by atoms with van der Waals surface area (Å²) in [5.74, 6) is 0. The molecule has 1 fully saturated rings. The molecule has 28 heavy (non-hydrogen) atoms. The van der Waals surface area contributed by atoms with Crippen LogP contribution in [0.3, 0.4) is 0 Å². The van der Waals surface area contributed by atoms with Crippen LogP contribution in [-0.2, 0) is 0 Å². The maximum atomic E-state index is 2.69. The number of unbranched alkanes of at least 4 members (excludes halogenated alkanes) is 19. The van der Waals surface area contributed by atoms with E-state index in [1.165, 1.54) is 167 Å². The minimum absolute atomic E-state index is 1.37. The lowest BCUT2D eigenvalue weighted by molar-refractivity contribution is 0.224. The molecule has 0 aromatic heterocycles. The zero-order valence-corrected chi connectivity index (χ0v) is 19.8. The second kappa shape index (κ2) is 21.7. The van der Waals surface area contributed by atoms with Crippen LogP contribution in [0.25, 0.3) is 0 Å². The first kappa shape index (κ1) is 26.0. The highest BCUT2D eigenvalue weighted by Gasteiger charge is 2.08. The number of hydrogen-bond acceptors (Lipinski definition) is 1. The van der Waals surface area contributed by atoms with Crippen LogP contribution in [0.1, 0.15) is 155 Å². The smallest absolute Gasteiger partial charge is 0.00187 e. The molecule has 0 atom stereocenters. The first-order chi connectivity index (χ1) is 13.9. The quantitative estimate of drug-likeness (QED) is 0.176. The van der Waals surface area contributed by atoms with E-state index in [0.717, 1.165) is 0 Å². The topological polar surface area (TPSA) is 3.24 Å². The van der Waals surface area contributed by atoms with Crippen molar-refractivity contribution in [3.05, 3.63) is 0 Å². The van der Waals surface area contributed by atoms with E-state index in [1.54, 1.807) is 0 Å². The van der Waals surface area contributed by atoms with Gasteiger partial charge in [-0.1, -0.05) is 135 Å². The van der Waals surface area contributed by atoms with Crippen molar-refractivity contribution in [2.24, 2.45) is 0 Å². The average molecular weight is 394 g/mol. The Kier molecular flexibility index (Phi) is 20.1. The van der Waals surface area contributed by atoms with Crippen LogP contribution in [0.4, 0.5) is 0 Å². The summed E-state index contributed by atoms with van der Waals surface area (Å²) < 4.78 is 0. The molecule has 0 saturated carbocycles. The summed E-state index contributed by atoms with van der Waals surface area (Å²) in [6.07, 6.45) is 33.9. The first-order valence-corrected chi connectivity index (χ1v) is 13.7. The third-order valence-electron chi connectivity index (χ3n) is 6.78. The van der Waals surface area contributed by atoms with E-state index in [9.17, 15) is 0 Å². The molecule has 0 aromatic carbocycles. The van der Waals surface area contributed by atoms with E-state index in [1.807, 2.05) is 0 Å². The SMILES string of the molecule is CCCCCCCCCCCCCCCCCCCCCCN1CCCCC1. The van der Waals surface area contributed by atoms with E-state index < -0.39 is 0 Å². The highest BCUT2D eigenvalue weighted by Crippen LogP contribution is 2.15. The molecule has 1 nitrogen and oxygen atoms in total. The molecule has 0 amide bonds. The molecule has 1 saturated heterocycles. The van der Waals surface area contributed by atoms with Crippen molar-refractivity contribution >= 4 is 0 Å². The summed E-state index contributed by atoms with van der Waals surface area (Å²) >= 11 is 0. The summed E-state index contributed by atoms with van der Waals surface area (Å²) in [6, 6.07) is 0. The maximum absolute atomic E-state index is 2.69. The van der Waals surface area contributed by atoms with Gasteiger partial charge in [0.05, 0.1) is 0 Å². The Hall–Kier alpha value is -0.0400. The molecule has 1 heterocycles. The van der Waals surface area contributed by atoms with Gasteiger partial charge in [-0.3, -0.25) is 0 Å². The number of likely N-dealkylation sites (tertiary alicyclic amines) is 1. The molecule has 0 aromatic rings. The zero-order valence-electron chi connectivity index (χ0n) is 19.8. The van der Waals surface area contributed by atoms with Crippen molar-refractivity contribution in [1.82, 2.24) is 4.90 Å². The first-order valence-electron chi connectivity index (χ1n) is 13.7. The summed E-state index contributed by atoms with van der Waals surface area (Å²) in [4.78, 5) is 2.69. The summed E-state index contributed by atoms with van der Waals surface area (Å²) in [6.45, 7) is 6.43. The van der Waals surface area contributed by atoms with Crippen molar-refractivity contribution in [3.8, 4) is 0 Å². The molecule has 0 N–H and O–H groups in total. The summed E-state index contributed by atoms with van der Waals surface area (Å²) in [7, 11) is 0. The molecule has 0 aliphatic carbocycles. The van der Waals surface area contributed by atoms with E-state index in [0.29, 0.717) is 0 Å². The largest absolute Gasteiger partial charge is 0.303 e.